The van der Waals surface area contributed by atoms with Gasteiger partial charge in [0.25, 0.3) is 0 Å². The maximum Gasteiger partial charge on any atom is 0.119 e. The van der Waals surface area contributed by atoms with Gasteiger partial charge in [-0.15, -0.1) is 0 Å². The fraction of sp³-hybridized carbons (Fsp3) is 0.400. The molecular formula is C15H19Cl2N3O. The van der Waals surface area contributed by atoms with Crippen LogP contribution < -0.4 is 10.1 Å². The Morgan fingerprint density at radius 3 is 2.48 bits per heavy atom. The molecule has 4 nitrogen and oxygen atoms in total. The summed E-state index contributed by atoms with van der Waals surface area (Å²) in [6.45, 7) is 2.45. The first kappa shape index (κ1) is 16.1. The van der Waals surface area contributed by atoms with Gasteiger partial charge in [0.15, 0.2) is 0 Å². The Kier molecular flexibility index (Phi) is 5.51. The number of aryl methyl sites for hydroxylation is 2. The van der Waals surface area contributed by atoms with E-state index in [1.165, 1.54) is 0 Å². The summed E-state index contributed by atoms with van der Waals surface area (Å²) in [5, 5.41) is 9.00. The lowest BCUT2D eigenvalue weighted by atomic mass is 10.1. The lowest BCUT2D eigenvalue weighted by molar-refractivity contribution is 0.268. The third-order valence-electron chi connectivity index (χ3n) is 3.37. The summed E-state index contributed by atoms with van der Waals surface area (Å²) in [5.41, 5.74) is 1.86. The average Bonchev–Trinajstić information content (AvgIpc) is 2.71. The number of ether oxygens (including phenoxy) is 1. The smallest absolute Gasteiger partial charge is 0.119 e. The fourth-order valence-corrected chi connectivity index (χ4v) is 2.47. The molecule has 1 N–H and O–H groups in total. The highest BCUT2D eigenvalue weighted by molar-refractivity contribution is 6.31. The van der Waals surface area contributed by atoms with Crippen molar-refractivity contribution in [2.75, 3.05) is 13.7 Å². The highest BCUT2D eigenvalue weighted by Gasteiger charge is 2.16. The van der Waals surface area contributed by atoms with Crippen molar-refractivity contribution in [3.8, 4) is 5.75 Å². The average molecular weight is 328 g/mol. The Morgan fingerprint density at radius 2 is 1.95 bits per heavy atom. The van der Waals surface area contributed by atoms with Gasteiger partial charge in [-0.1, -0.05) is 23.2 Å². The predicted octanol–water partition coefficient (Wildman–Crippen LogP) is 3.24. The van der Waals surface area contributed by atoms with Gasteiger partial charge < -0.3 is 10.1 Å². The first-order valence-corrected chi connectivity index (χ1v) is 7.50. The van der Waals surface area contributed by atoms with Crippen molar-refractivity contribution in [2.45, 2.75) is 19.4 Å². The van der Waals surface area contributed by atoms with Crippen molar-refractivity contribution in [1.82, 2.24) is 15.1 Å². The lowest BCUT2D eigenvalue weighted by Crippen LogP contribution is -2.34. The molecule has 21 heavy (non-hydrogen) atoms. The summed E-state index contributed by atoms with van der Waals surface area (Å²) in [6, 6.07) is 7.49. The molecule has 0 saturated heterocycles. The molecule has 2 rings (SSSR count). The van der Waals surface area contributed by atoms with Crippen LogP contribution in [0.5, 0.6) is 5.75 Å². The maximum absolute atomic E-state index is 6.28. The number of hydrogen-bond acceptors (Lipinski definition) is 3. The number of nitrogens with zero attached hydrogens (tertiary/aromatic N) is 2. The van der Waals surface area contributed by atoms with E-state index in [4.69, 9.17) is 27.9 Å². The van der Waals surface area contributed by atoms with Gasteiger partial charge in [0, 0.05) is 24.5 Å². The predicted molar refractivity (Wildman–Crippen MR) is 86.5 cm³/mol. The minimum Gasteiger partial charge on any atom is -0.492 e. The minimum absolute atomic E-state index is 0.146. The Hall–Kier alpha value is -1.23. The summed E-state index contributed by atoms with van der Waals surface area (Å²) in [6.07, 6.45) is 0.750. The van der Waals surface area contributed by atoms with Gasteiger partial charge in [0.05, 0.1) is 16.4 Å². The summed E-state index contributed by atoms with van der Waals surface area (Å²) in [7, 11) is 3.81. The number of rotatable bonds is 6. The summed E-state index contributed by atoms with van der Waals surface area (Å²) < 4.78 is 7.60. The molecule has 0 fully saturated rings. The first-order valence-electron chi connectivity index (χ1n) is 6.75. The molecule has 1 heterocycles. The molecule has 0 spiro atoms. The Balaban J connectivity index is 1.98. The minimum atomic E-state index is 0.146. The zero-order chi connectivity index (χ0) is 15.4. The molecule has 0 bridgehead atoms. The van der Waals surface area contributed by atoms with Crippen molar-refractivity contribution in [2.24, 2.45) is 7.05 Å². The van der Waals surface area contributed by atoms with Crippen molar-refractivity contribution >= 4 is 23.2 Å². The number of aromatic nitrogens is 2. The van der Waals surface area contributed by atoms with Gasteiger partial charge in [-0.05, 0) is 38.2 Å². The highest BCUT2D eigenvalue weighted by Crippen LogP contribution is 2.21. The van der Waals surface area contributed by atoms with E-state index in [0.29, 0.717) is 11.6 Å². The van der Waals surface area contributed by atoms with E-state index in [0.717, 1.165) is 28.6 Å². The molecule has 0 aliphatic heterocycles. The number of likely N-dealkylation sites (N-methyl/N-ethyl adjacent to an activating group) is 1. The zero-order valence-electron chi connectivity index (χ0n) is 12.4. The van der Waals surface area contributed by atoms with E-state index in [1.54, 1.807) is 0 Å². The molecule has 1 atom stereocenters. The largest absolute Gasteiger partial charge is 0.492 e. The molecule has 0 saturated carbocycles. The summed E-state index contributed by atoms with van der Waals surface area (Å²) in [5.74, 6) is 0.798. The van der Waals surface area contributed by atoms with Crippen LogP contribution in [0, 0.1) is 6.92 Å². The molecule has 114 valence electrons. The monoisotopic (exact) mass is 327 g/mol. The van der Waals surface area contributed by atoms with Crippen molar-refractivity contribution in [1.29, 1.82) is 0 Å². The van der Waals surface area contributed by atoms with Crippen LogP contribution in [0.3, 0.4) is 0 Å². The van der Waals surface area contributed by atoms with Gasteiger partial charge in [-0.25, -0.2) is 0 Å². The molecule has 1 unspecified atom stereocenters. The van der Waals surface area contributed by atoms with E-state index in [1.807, 2.05) is 50.0 Å². The molecule has 2 aromatic rings. The molecule has 0 aliphatic rings. The van der Waals surface area contributed by atoms with Crippen LogP contribution in [0.25, 0.3) is 0 Å². The molecule has 0 amide bonds. The van der Waals surface area contributed by atoms with E-state index in [-0.39, 0.29) is 6.04 Å². The van der Waals surface area contributed by atoms with E-state index >= 15 is 0 Å². The maximum atomic E-state index is 6.28. The van der Waals surface area contributed by atoms with E-state index in [2.05, 4.69) is 10.4 Å². The summed E-state index contributed by atoms with van der Waals surface area (Å²) in [4.78, 5) is 0. The molecule has 6 heteroatoms. The third kappa shape index (κ3) is 4.13. The lowest BCUT2D eigenvalue weighted by Gasteiger charge is -2.17. The van der Waals surface area contributed by atoms with Crippen LogP contribution in [-0.4, -0.2) is 29.5 Å². The van der Waals surface area contributed by atoms with E-state index < -0.39 is 0 Å². The van der Waals surface area contributed by atoms with Crippen LogP contribution in [0.15, 0.2) is 24.3 Å². The number of nitrogens with one attached hydrogen (secondary N) is 1. The zero-order valence-corrected chi connectivity index (χ0v) is 13.9. The quantitative estimate of drug-likeness (QED) is 0.885. The number of hydrogen-bond donors (Lipinski definition) is 1. The molecule has 0 aliphatic carbocycles. The van der Waals surface area contributed by atoms with Crippen molar-refractivity contribution in [3.63, 3.8) is 0 Å². The van der Waals surface area contributed by atoms with Crippen molar-refractivity contribution < 1.29 is 4.74 Å². The van der Waals surface area contributed by atoms with Crippen LogP contribution in [0.4, 0.5) is 0 Å². The van der Waals surface area contributed by atoms with Crippen LogP contribution in [0.2, 0.25) is 10.0 Å². The molecule has 0 radical (unpaired) electrons. The summed E-state index contributed by atoms with van der Waals surface area (Å²) >= 11 is 12.1. The second-order valence-corrected chi connectivity index (χ2v) is 5.74. The fourth-order valence-electron chi connectivity index (χ4n) is 2.11. The highest BCUT2D eigenvalue weighted by atomic mass is 35.5. The first-order chi connectivity index (χ1) is 10.0. The third-order valence-corrected chi connectivity index (χ3v) is 4.12. The normalized spacial score (nSPS) is 12.4. The van der Waals surface area contributed by atoms with Crippen LogP contribution in [-0.2, 0) is 13.5 Å². The Bertz CT molecular complexity index is 596. The standard InChI is InChI=1S/C15H19Cl2N3O/c1-10-15(17)14(20(3)19-10)8-12(18-2)9-21-13-6-4-11(16)5-7-13/h4-7,12,18H,8-9H2,1-3H3. The molecular weight excluding hydrogens is 309 g/mol. The van der Waals surface area contributed by atoms with Gasteiger partial charge in [0.1, 0.15) is 12.4 Å². The molecule has 1 aromatic carbocycles. The van der Waals surface area contributed by atoms with Gasteiger partial charge >= 0.3 is 0 Å². The van der Waals surface area contributed by atoms with Crippen LogP contribution >= 0.6 is 23.2 Å². The van der Waals surface area contributed by atoms with E-state index in [9.17, 15) is 0 Å². The number of benzene rings is 1. The molecule has 1 aromatic heterocycles. The van der Waals surface area contributed by atoms with Gasteiger partial charge in [-0.3, -0.25) is 4.68 Å². The van der Waals surface area contributed by atoms with Gasteiger partial charge in [0.2, 0.25) is 0 Å². The SMILES string of the molecule is CNC(COc1ccc(Cl)cc1)Cc1c(Cl)c(C)nn1C. The Labute approximate surface area is 135 Å². The second kappa shape index (κ2) is 7.16. The number of halogens is 2. The second-order valence-electron chi connectivity index (χ2n) is 4.92. The van der Waals surface area contributed by atoms with Gasteiger partial charge in [-0.2, -0.15) is 5.10 Å². The Morgan fingerprint density at radius 1 is 1.29 bits per heavy atom. The topological polar surface area (TPSA) is 39.1 Å². The van der Waals surface area contributed by atoms with Crippen LogP contribution in [0.1, 0.15) is 11.4 Å². The van der Waals surface area contributed by atoms with Crippen molar-refractivity contribution in [3.05, 3.63) is 45.7 Å².